The van der Waals surface area contributed by atoms with Gasteiger partial charge in [-0.1, -0.05) is 5.16 Å². The number of hydrogen-bond acceptors (Lipinski definition) is 5. The van der Waals surface area contributed by atoms with Crippen LogP contribution in [-0.4, -0.2) is 28.8 Å². The topological polar surface area (TPSA) is 77.3 Å². The van der Waals surface area contributed by atoms with Crippen LogP contribution in [0, 0.1) is 5.82 Å². The molecule has 21 heavy (non-hydrogen) atoms. The predicted octanol–water partition coefficient (Wildman–Crippen LogP) is 1.67. The van der Waals surface area contributed by atoms with Crippen molar-refractivity contribution in [2.24, 2.45) is 0 Å². The molecule has 0 bridgehead atoms. The minimum Gasteiger partial charge on any atom is -0.368 e. The highest BCUT2D eigenvalue weighted by atomic mass is 19.1. The number of aromatic nitrogens is 2. The molecule has 1 aliphatic heterocycles. The Morgan fingerprint density at radius 2 is 2.19 bits per heavy atom. The number of nitrogens with zero attached hydrogens (tertiary/aromatic N) is 2. The number of benzene rings is 1. The highest BCUT2D eigenvalue weighted by Crippen LogP contribution is 2.16. The van der Waals surface area contributed by atoms with Crippen LogP contribution >= 0.6 is 0 Å². The molecule has 7 heteroatoms. The largest absolute Gasteiger partial charge is 0.368 e. The number of carbonyl (C=O) groups is 1. The van der Waals surface area contributed by atoms with E-state index in [0.29, 0.717) is 23.9 Å². The summed E-state index contributed by atoms with van der Waals surface area (Å²) in [7, 11) is 0. The summed E-state index contributed by atoms with van der Waals surface area (Å²) in [6.07, 6.45) is 1.24. The normalized spacial score (nSPS) is 17.9. The fraction of sp³-hybridized carbons (Fsp3) is 0.357. The molecule has 0 saturated carbocycles. The Bertz CT molecular complexity index is 621. The lowest BCUT2D eigenvalue weighted by molar-refractivity contribution is -0.130. The van der Waals surface area contributed by atoms with E-state index >= 15 is 0 Å². The van der Waals surface area contributed by atoms with Crippen LogP contribution in [0.5, 0.6) is 0 Å². The maximum atomic E-state index is 12.8. The van der Waals surface area contributed by atoms with Crippen LogP contribution in [0.2, 0.25) is 0 Å². The molecule has 1 atom stereocenters. The molecule has 110 valence electrons. The Morgan fingerprint density at radius 3 is 2.90 bits per heavy atom. The monoisotopic (exact) mass is 291 g/mol. The SMILES string of the molecule is O=C(NCc1nc(-c2ccc(F)cc2)no1)C1CCCO1. The Labute approximate surface area is 120 Å². The number of nitrogens with one attached hydrogen (secondary N) is 1. The van der Waals surface area contributed by atoms with E-state index in [1.165, 1.54) is 12.1 Å². The zero-order chi connectivity index (χ0) is 14.7. The number of carbonyl (C=O) groups excluding carboxylic acids is 1. The van der Waals surface area contributed by atoms with Crippen molar-refractivity contribution in [3.05, 3.63) is 36.0 Å². The first-order chi connectivity index (χ1) is 10.2. The van der Waals surface area contributed by atoms with Gasteiger partial charge in [0.1, 0.15) is 11.9 Å². The van der Waals surface area contributed by atoms with Crippen molar-refractivity contribution in [3.63, 3.8) is 0 Å². The van der Waals surface area contributed by atoms with Crippen molar-refractivity contribution in [2.75, 3.05) is 6.61 Å². The van der Waals surface area contributed by atoms with Gasteiger partial charge in [0.25, 0.3) is 0 Å². The van der Waals surface area contributed by atoms with Gasteiger partial charge in [-0.2, -0.15) is 4.98 Å². The van der Waals surface area contributed by atoms with Crippen LogP contribution in [0.3, 0.4) is 0 Å². The van der Waals surface area contributed by atoms with Crippen LogP contribution < -0.4 is 5.32 Å². The van der Waals surface area contributed by atoms with Gasteiger partial charge in [-0.15, -0.1) is 0 Å². The van der Waals surface area contributed by atoms with Crippen molar-refractivity contribution >= 4 is 5.91 Å². The lowest BCUT2D eigenvalue weighted by Crippen LogP contribution is -2.33. The maximum Gasteiger partial charge on any atom is 0.249 e. The van der Waals surface area contributed by atoms with E-state index < -0.39 is 0 Å². The smallest absolute Gasteiger partial charge is 0.249 e. The van der Waals surface area contributed by atoms with Gasteiger partial charge in [0.05, 0.1) is 6.54 Å². The number of ether oxygens (including phenoxy) is 1. The van der Waals surface area contributed by atoms with Gasteiger partial charge < -0.3 is 14.6 Å². The molecular formula is C14H14FN3O3. The Balaban J connectivity index is 1.60. The highest BCUT2D eigenvalue weighted by Gasteiger charge is 2.23. The lowest BCUT2D eigenvalue weighted by Gasteiger charge is -2.07. The van der Waals surface area contributed by atoms with Gasteiger partial charge in [0.2, 0.25) is 17.6 Å². The second-order valence-corrected chi connectivity index (χ2v) is 4.74. The second-order valence-electron chi connectivity index (χ2n) is 4.74. The summed E-state index contributed by atoms with van der Waals surface area (Å²) < 4.78 is 23.2. The average molecular weight is 291 g/mol. The molecule has 1 fully saturated rings. The molecule has 0 spiro atoms. The molecule has 1 aliphatic rings. The van der Waals surface area contributed by atoms with E-state index in [1.807, 2.05) is 0 Å². The Morgan fingerprint density at radius 1 is 1.38 bits per heavy atom. The van der Waals surface area contributed by atoms with Crippen molar-refractivity contribution in [3.8, 4) is 11.4 Å². The molecule has 1 amide bonds. The number of halogens is 1. The van der Waals surface area contributed by atoms with E-state index in [0.717, 1.165) is 12.8 Å². The van der Waals surface area contributed by atoms with E-state index in [2.05, 4.69) is 15.5 Å². The first-order valence-corrected chi connectivity index (χ1v) is 6.70. The van der Waals surface area contributed by atoms with Gasteiger partial charge in [0, 0.05) is 12.2 Å². The summed E-state index contributed by atoms with van der Waals surface area (Å²) in [6.45, 7) is 0.764. The zero-order valence-electron chi connectivity index (χ0n) is 11.2. The van der Waals surface area contributed by atoms with Crippen LogP contribution in [0.1, 0.15) is 18.7 Å². The minimum atomic E-state index is -0.385. The molecule has 1 saturated heterocycles. The molecule has 1 unspecified atom stereocenters. The zero-order valence-corrected chi connectivity index (χ0v) is 11.2. The van der Waals surface area contributed by atoms with Crippen LogP contribution in [0.25, 0.3) is 11.4 Å². The summed E-state index contributed by atoms with van der Waals surface area (Å²) in [5.74, 6) is 0.150. The lowest BCUT2D eigenvalue weighted by atomic mass is 10.2. The maximum absolute atomic E-state index is 12.8. The third-order valence-corrected chi connectivity index (χ3v) is 3.21. The molecule has 1 N–H and O–H groups in total. The fourth-order valence-corrected chi connectivity index (χ4v) is 2.10. The van der Waals surface area contributed by atoms with E-state index in [9.17, 15) is 9.18 Å². The van der Waals surface area contributed by atoms with Gasteiger partial charge in [-0.05, 0) is 37.1 Å². The van der Waals surface area contributed by atoms with Crippen LogP contribution in [0.4, 0.5) is 4.39 Å². The number of rotatable bonds is 4. The first kappa shape index (κ1) is 13.7. The number of hydrogen-bond donors (Lipinski definition) is 1. The molecular weight excluding hydrogens is 277 g/mol. The van der Waals surface area contributed by atoms with E-state index in [4.69, 9.17) is 9.26 Å². The molecule has 6 nitrogen and oxygen atoms in total. The number of amides is 1. The van der Waals surface area contributed by atoms with Crippen LogP contribution in [0.15, 0.2) is 28.8 Å². The average Bonchev–Trinajstić information content (AvgIpc) is 3.17. The molecule has 2 heterocycles. The predicted molar refractivity (Wildman–Crippen MR) is 70.5 cm³/mol. The second kappa shape index (κ2) is 6.01. The third kappa shape index (κ3) is 3.25. The molecule has 1 aromatic carbocycles. The highest BCUT2D eigenvalue weighted by molar-refractivity contribution is 5.80. The quantitative estimate of drug-likeness (QED) is 0.927. The standard InChI is InChI=1S/C14H14FN3O3/c15-10-5-3-9(4-6-10)13-17-12(21-18-13)8-16-14(19)11-2-1-7-20-11/h3-6,11H,1-2,7-8H2,(H,16,19). The van der Waals surface area contributed by atoms with E-state index in [-0.39, 0.29) is 24.4 Å². The van der Waals surface area contributed by atoms with Crippen molar-refractivity contribution in [1.29, 1.82) is 0 Å². The molecule has 3 rings (SSSR count). The van der Waals surface area contributed by atoms with E-state index in [1.54, 1.807) is 12.1 Å². The van der Waals surface area contributed by atoms with Crippen molar-refractivity contribution in [2.45, 2.75) is 25.5 Å². The summed E-state index contributed by atoms with van der Waals surface area (Å²) >= 11 is 0. The van der Waals surface area contributed by atoms with Crippen LogP contribution in [-0.2, 0) is 16.1 Å². The Hall–Kier alpha value is -2.28. The minimum absolute atomic E-state index is 0.146. The first-order valence-electron chi connectivity index (χ1n) is 6.70. The van der Waals surface area contributed by atoms with Gasteiger partial charge in [-0.25, -0.2) is 4.39 Å². The van der Waals surface area contributed by atoms with Crippen molar-refractivity contribution in [1.82, 2.24) is 15.5 Å². The third-order valence-electron chi connectivity index (χ3n) is 3.21. The molecule has 0 radical (unpaired) electrons. The Kier molecular flexibility index (Phi) is 3.92. The summed E-state index contributed by atoms with van der Waals surface area (Å²) in [5, 5.41) is 6.50. The van der Waals surface area contributed by atoms with Gasteiger partial charge in [0.15, 0.2) is 0 Å². The fourth-order valence-electron chi connectivity index (χ4n) is 2.10. The summed E-state index contributed by atoms with van der Waals surface area (Å²) in [4.78, 5) is 15.9. The molecule has 2 aromatic rings. The molecule has 0 aliphatic carbocycles. The van der Waals surface area contributed by atoms with Gasteiger partial charge >= 0.3 is 0 Å². The van der Waals surface area contributed by atoms with Crippen molar-refractivity contribution < 1.29 is 18.4 Å². The summed E-state index contributed by atoms with van der Waals surface area (Å²) in [5.41, 5.74) is 0.650. The molecule has 1 aromatic heterocycles. The van der Waals surface area contributed by atoms with Gasteiger partial charge in [-0.3, -0.25) is 4.79 Å². The summed E-state index contributed by atoms with van der Waals surface area (Å²) in [6, 6.07) is 5.78.